The summed E-state index contributed by atoms with van der Waals surface area (Å²) in [4.78, 5) is 17.0. The van der Waals surface area contributed by atoms with Crippen molar-refractivity contribution in [3.8, 4) is 0 Å². The van der Waals surface area contributed by atoms with Crippen molar-refractivity contribution in [2.24, 2.45) is 5.73 Å². The fourth-order valence-electron chi connectivity index (χ4n) is 1.70. The first-order chi connectivity index (χ1) is 8.18. The lowest BCUT2D eigenvalue weighted by molar-refractivity contribution is -0.138. The number of pyridine rings is 1. The molecule has 1 aliphatic heterocycles. The van der Waals surface area contributed by atoms with E-state index in [1.807, 2.05) is 0 Å². The molecule has 1 saturated heterocycles. The zero-order chi connectivity index (χ0) is 12.3. The molecule has 1 aromatic rings. The van der Waals surface area contributed by atoms with Gasteiger partial charge in [0.1, 0.15) is 11.9 Å². The van der Waals surface area contributed by atoms with Crippen LogP contribution in [0.25, 0.3) is 0 Å². The van der Waals surface area contributed by atoms with Gasteiger partial charge in [0.15, 0.2) is 0 Å². The van der Waals surface area contributed by atoms with E-state index in [4.69, 9.17) is 15.6 Å². The number of ether oxygens (including phenoxy) is 1. The van der Waals surface area contributed by atoms with Crippen LogP contribution in [0.15, 0.2) is 18.3 Å². The minimum absolute atomic E-state index is 0.509. The predicted molar refractivity (Wildman–Crippen MR) is 61.8 cm³/mol. The van der Waals surface area contributed by atoms with Crippen LogP contribution >= 0.6 is 0 Å². The Balaban J connectivity index is 2.09. The molecule has 0 spiro atoms. The van der Waals surface area contributed by atoms with E-state index in [1.54, 1.807) is 12.1 Å². The van der Waals surface area contributed by atoms with E-state index >= 15 is 0 Å². The highest BCUT2D eigenvalue weighted by Crippen LogP contribution is 2.16. The number of nitrogens with zero attached hydrogens (tertiary/aromatic N) is 2. The van der Waals surface area contributed by atoms with Gasteiger partial charge in [-0.05, 0) is 11.6 Å². The zero-order valence-corrected chi connectivity index (χ0v) is 9.37. The number of nitrogens with two attached hydrogens (primary N) is 1. The maximum atomic E-state index is 10.7. The van der Waals surface area contributed by atoms with Crippen molar-refractivity contribution < 1.29 is 14.6 Å². The Hall–Kier alpha value is -1.66. The number of carboxylic acids is 1. The Morgan fingerprint density at radius 1 is 1.47 bits per heavy atom. The van der Waals surface area contributed by atoms with Crippen molar-refractivity contribution in [1.82, 2.24) is 4.98 Å². The summed E-state index contributed by atoms with van der Waals surface area (Å²) in [6.07, 6.45) is 1.52. The van der Waals surface area contributed by atoms with Crippen LogP contribution in [0.2, 0.25) is 0 Å². The Morgan fingerprint density at radius 2 is 2.18 bits per heavy atom. The average Bonchev–Trinajstić information content (AvgIpc) is 2.39. The third kappa shape index (κ3) is 2.72. The molecule has 1 atom stereocenters. The second-order valence-corrected chi connectivity index (χ2v) is 3.87. The van der Waals surface area contributed by atoms with Crippen LogP contribution in [0.4, 0.5) is 5.82 Å². The number of morpholine rings is 1. The molecule has 1 aliphatic rings. The van der Waals surface area contributed by atoms with Gasteiger partial charge in [-0.15, -0.1) is 0 Å². The topological polar surface area (TPSA) is 88.7 Å². The Morgan fingerprint density at radius 3 is 2.71 bits per heavy atom. The van der Waals surface area contributed by atoms with E-state index in [0.717, 1.165) is 18.9 Å². The highest BCUT2D eigenvalue weighted by Gasteiger charge is 2.16. The van der Waals surface area contributed by atoms with Crippen molar-refractivity contribution in [2.45, 2.75) is 6.04 Å². The predicted octanol–water partition coefficient (Wildman–Crippen LogP) is 0.00260. The zero-order valence-electron chi connectivity index (χ0n) is 9.37. The lowest BCUT2D eigenvalue weighted by Crippen LogP contribution is -2.36. The number of carboxylic acid groups (broad SMARTS) is 1. The van der Waals surface area contributed by atoms with Crippen molar-refractivity contribution >= 4 is 11.8 Å². The summed E-state index contributed by atoms with van der Waals surface area (Å²) in [5.74, 6) is -0.222. The molecule has 0 radical (unpaired) electrons. The highest BCUT2D eigenvalue weighted by molar-refractivity contribution is 5.75. The van der Waals surface area contributed by atoms with Crippen molar-refractivity contribution in [3.63, 3.8) is 0 Å². The number of rotatable bonds is 3. The quantitative estimate of drug-likeness (QED) is 0.769. The molecule has 0 aromatic carbocycles. The van der Waals surface area contributed by atoms with Crippen LogP contribution in [0.3, 0.4) is 0 Å². The Labute approximate surface area is 99.0 Å². The monoisotopic (exact) mass is 237 g/mol. The molecule has 3 N–H and O–H groups in total. The largest absolute Gasteiger partial charge is 0.480 e. The van der Waals surface area contributed by atoms with E-state index in [2.05, 4.69) is 9.88 Å². The van der Waals surface area contributed by atoms with Gasteiger partial charge in [-0.3, -0.25) is 4.79 Å². The van der Waals surface area contributed by atoms with E-state index in [0.29, 0.717) is 18.8 Å². The molecular weight excluding hydrogens is 222 g/mol. The van der Waals surface area contributed by atoms with Gasteiger partial charge in [0.25, 0.3) is 0 Å². The van der Waals surface area contributed by atoms with E-state index in [-0.39, 0.29) is 0 Å². The summed E-state index contributed by atoms with van der Waals surface area (Å²) in [6.45, 7) is 2.99. The van der Waals surface area contributed by atoms with Gasteiger partial charge in [-0.2, -0.15) is 0 Å². The number of hydrogen-bond donors (Lipinski definition) is 2. The molecule has 92 valence electrons. The van der Waals surface area contributed by atoms with Gasteiger partial charge in [0.2, 0.25) is 0 Å². The number of carbonyl (C=O) groups is 1. The van der Waals surface area contributed by atoms with Crippen LogP contribution in [-0.2, 0) is 9.53 Å². The average molecular weight is 237 g/mol. The SMILES string of the molecule is NC(C(=O)O)c1ccc(N2CCOCC2)nc1. The second kappa shape index (κ2) is 5.11. The highest BCUT2D eigenvalue weighted by atomic mass is 16.5. The molecule has 0 aliphatic carbocycles. The van der Waals surface area contributed by atoms with E-state index in [1.165, 1.54) is 6.20 Å². The number of anilines is 1. The van der Waals surface area contributed by atoms with Crippen molar-refractivity contribution in [3.05, 3.63) is 23.9 Å². The molecule has 1 aromatic heterocycles. The standard InChI is InChI=1S/C11H15N3O3/c12-10(11(15)16)8-1-2-9(13-7-8)14-3-5-17-6-4-14/h1-2,7,10H,3-6,12H2,(H,15,16). The molecule has 6 nitrogen and oxygen atoms in total. The first-order valence-corrected chi connectivity index (χ1v) is 5.45. The first kappa shape index (κ1) is 11.8. The Kier molecular flexibility index (Phi) is 3.55. The fourth-order valence-corrected chi connectivity index (χ4v) is 1.70. The van der Waals surface area contributed by atoms with Gasteiger partial charge in [-0.25, -0.2) is 4.98 Å². The first-order valence-electron chi connectivity index (χ1n) is 5.45. The van der Waals surface area contributed by atoms with Crippen LogP contribution in [-0.4, -0.2) is 42.4 Å². The van der Waals surface area contributed by atoms with E-state index < -0.39 is 12.0 Å². The summed E-state index contributed by atoms with van der Waals surface area (Å²) < 4.78 is 5.25. The maximum Gasteiger partial charge on any atom is 0.325 e. The molecule has 1 unspecified atom stereocenters. The number of aliphatic carboxylic acids is 1. The van der Waals surface area contributed by atoms with Gasteiger partial charge < -0.3 is 20.5 Å². The molecular formula is C11H15N3O3. The summed E-state index contributed by atoms with van der Waals surface area (Å²) in [5.41, 5.74) is 6.00. The molecule has 17 heavy (non-hydrogen) atoms. The van der Waals surface area contributed by atoms with Crippen LogP contribution in [0.5, 0.6) is 0 Å². The van der Waals surface area contributed by atoms with Gasteiger partial charge in [0, 0.05) is 19.3 Å². The van der Waals surface area contributed by atoms with Crippen molar-refractivity contribution in [1.29, 1.82) is 0 Å². The minimum atomic E-state index is -1.05. The molecule has 1 fully saturated rings. The summed E-state index contributed by atoms with van der Waals surface area (Å²) in [5, 5.41) is 8.77. The molecule has 2 rings (SSSR count). The fraction of sp³-hybridized carbons (Fsp3) is 0.455. The van der Waals surface area contributed by atoms with Gasteiger partial charge in [0.05, 0.1) is 13.2 Å². The summed E-state index contributed by atoms with van der Waals surface area (Å²) >= 11 is 0. The van der Waals surface area contributed by atoms with Crippen LogP contribution in [0, 0.1) is 0 Å². The second-order valence-electron chi connectivity index (χ2n) is 3.87. The summed E-state index contributed by atoms with van der Waals surface area (Å²) in [6, 6.07) is 2.49. The summed E-state index contributed by atoms with van der Waals surface area (Å²) in [7, 11) is 0. The Bertz CT molecular complexity index is 387. The lowest BCUT2D eigenvalue weighted by Gasteiger charge is -2.27. The van der Waals surface area contributed by atoms with Crippen molar-refractivity contribution in [2.75, 3.05) is 31.2 Å². The normalized spacial score (nSPS) is 17.8. The third-order valence-corrected chi connectivity index (χ3v) is 2.73. The van der Waals surface area contributed by atoms with Gasteiger partial charge in [-0.1, -0.05) is 6.07 Å². The van der Waals surface area contributed by atoms with Crippen LogP contribution < -0.4 is 10.6 Å². The van der Waals surface area contributed by atoms with Crippen LogP contribution in [0.1, 0.15) is 11.6 Å². The third-order valence-electron chi connectivity index (χ3n) is 2.73. The maximum absolute atomic E-state index is 10.7. The molecule has 2 heterocycles. The smallest absolute Gasteiger partial charge is 0.325 e. The molecule has 6 heteroatoms. The number of aromatic nitrogens is 1. The molecule has 0 amide bonds. The minimum Gasteiger partial charge on any atom is -0.480 e. The van der Waals surface area contributed by atoms with E-state index in [9.17, 15) is 4.79 Å². The number of hydrogen-bond acceptors (Lipinski definition) is 5. The van der Waals surface area contributed by atoms with Gasteiger partial charge >= 0.3 is 5.97 Å². The molecule has 0 bridgehead atoms. The lowest BCUT2D eigenvalue weighted by atomic mass is 10.1. The molecule has 0 saturated carbocycles.